The summed E-state index contributed by atoms with van der Waals surface area (Å²) in [6, 6.07) is 14.2. The molecule has 0 spiro atoms. The molecule has 0 saturated carbocycles. The van der Waals surface area contributed by atoms with Gasteiger partial charge in [0.1, 0.15) is 12.4 Å². The molecule has 0 aliphatic carbocycles. The number of ether oxygens (including phenoxy) is 1. The van der Waals surface area contributed by atoms with Crippen molar-refractivity contribution in [3.8, 4) is 5.75 Å². The minimum atomic E-state index is 0.100. The Bertz CT molecular complexity index is 1040. The molecule has 2 heterocycles. The Morgan fingerprint density at radius 1 is 1.10 bits per heavy atom. The van der Waals surface area contributed by atoms with E-state index < -0.39 is 0 Å². The van der Waals surface area contributed by atoms with Gasteiger partial charge in [-0.1, -0.05) is 48.2 Å². The number of hydrogen-bond acceptors (Lipinski definition) is 5. The summed E-state index contributed by atoms with van der Waals surface area (Å²) in [6.07, 6.45) is 2.03. The van der Waals surface area contributed by atoms with Crippen LogP contribution in [0.25, 0.3) is 0 Å². The van der Waals surface area contributed by atoms with E-state index in [1.54, 1.807) is 0 Å². The first-order valence-electron chi connectivity index (χ1n) is 10.1. The maximum Gasteiger partial charge on any atom is 0.237 e. The van der Waals surface area contributed by atoms with Crippen LogP contribution < -0.4 is 9.64 Å². The molecule has 0 N–H and O–H groups in total. The zero-order valence-electron chi connectivity index (χ0n) is 17.6. The van der Waals surface area contributed by atoms with Gasteiger partial charge in [-0.2, -0.15) is 0 Å². The number of rotatable bonds is 6. The Hall–Kier alpha value is -2.80. The van der Waals surface area contributed by atoms with Gasteiger partial charge in [0.2, 0.25) is 5.91 Å². The normalized spacial score (nSPS) is 13.2. The van der Waals surface area contributed by atoms with Crippen LogP contribution in [0.2, 0.25) is 0 Å². The predicted octanol–water partition coefficient (Wildman–Crippen LogP) is 4.08. The number of carbonyl (C=O) groups excluding carboxylic acids is 1. The average Bonchev–Trinajstić information content (AvgIpc) is 3.10. The third kappa shape index (κ3) is 4.21. The number of fused-ring (bicyclic) bond motifs is 1. The van der Waals surface area contributed by atoms with Gasteiger partial charge in [0.25, 0.3) is 0 Å². The highest BCUT2D eigenvalue weighted by atomic mass is 32.2. The third-order valence-corrected chi connectivity index (χ3v) is 6.42. The minimum absolute atomic E-state index is 0.100. The minimum Gasteiger partial charge on any atom is -0.485 e. The van der Waals surface area contributed by atoms with Crippen molar-refractivity contribution >= 4 is 23.4 Å². The SMILES string of the molecule is Cc1cccc(C)c1OCc1nnc(SCC(=O)N2CCCc3ccccc32)n1C. The van der Waals surface area contributed by atoms with Crippen LogP contribution >= 0.6 is 11.8 Å². The van der Waals surface area contributed by atoms with Crippen molar-refractivity contribution in [2.75, 3.05) is 17.2 Å². The second kappa shape index (κ2) is 8.92. The zero-order valence-corrected chi connectivity index (χ0v) is 18.4. The summed E-state index contributed by atoms with van der Waals surface area (Å²) in [5.74, 6) is 2.05. The van der Waals surface area contributed by atoms with E-state index in [0.29, 0.717) is 17.5 Å². The van der Waals surface area contributed by atoms with Gasteiger partial charge in [-0.05, 0) is 49.4 Å². The molecule has 6 nitrogen and oxygen atoms in total. The Labute approximate surface area is 181 Å². The van der Waals surface area contributed by atoms with Gasteiger partial charge >= 0.3 is 0 Å². The van der Waals surface area contributed by atoms with Crippen molar-refractivity contribution in [2.45, 2.75) is 38.5 Å². The third-order valence-electron chi connectivity index (χ3n) is 5.42. The first kappa shape index (κ1) is 20.5. The van der Waals surface area contributed by atoms with Crippen LogP contribution in [0.1, 0.15) is 28.9 Å². The lowest BCUT2D eigenvalue weighted by Crippen LogP contribution is -2.36. The number of hydrogen-bond donors (Lipinski definition) is 0. The zero-order chi connectivity index (χ0) is 21.1. The lowest BCUT2D eigenvalue weighted by molar-refractivity contribution is -0.116. The van der Waals surface area contributed by atoms with E-state index in [4.69, 9.17) is 4.74 Å². The topological polar surface area (TPSA) is 60.3 Å². The highest BCUT2D eigenvalue weighted by Crippen LogP contribution is 2.28. The van der Waals surface area contributed by atoms with E-state index in [9.17, 15) is 4.79 Å². The summed E-state index contributed by atoms with van der Waals surface area (Å²) in [5, 5.41) is 9.23. The molecule has 1 aliphatic heterocycles. The highest BCUT2D eigenvalue weighted by molar-refractivity contribution is 7.99. The van der Waals surface area contributed by atoms with Gasteiger partial charge in [0, 0.05) is 19.3 Å². The first-order chi connectivity index (χ1) is 14.5. The van der Waals surface area contributed by atoms with E-state index in [0.717, 1.165) is 47.8 Å². The number of para-hydroxylation sites is 2. The molecule has 1 amide bonds. The van der Waals surface area contributed by atoms with Gasteiger partial charge in [-0.3, -0.25) is 4.79 Å². The van der Waals surface area contributed by atoms with Crippen molar-refractivity contribution in [1.82, 2.24) is 14.8 Å². The molecule has 3 aromatic rings. The second-order valence-electron chi connectivity index (χ2n) is 7.53. The summed E-state index contributed by atoms with van der Waals surface area (Å²) in [5.41, 5.74) is 4.47. The molecule has 0 radical (unpaired) electrons. The van der Waals surface area contributed by atoms with Crippen LogP contribution in [-0.4, -0.2) is 33.0 Å². The molecule has 156 valence electrons. The van der Waals surface area contributed by atoms with Crippen LogP contribution in [-0.2, 0) is 24.9 Å². The molecule has 0 unspecified atom stereocenters. The smallest absolute Gasteiger partial charge is 0.237 e. The van der Waals surface area contributed by atoms with Crippen LogP contribution in [0.5, 0.6) is 5.75 Å². The van der Waals surface area contributed by atoms with Gasteiger partial charge in [0.15, 0.2) is 11.0 Å². The average molecular weight is 423 g/mol. The Morgan fingerprint density at radius 3 is 2.67 bits per heavy atom. The van der Waals surface area contributed by atoms with Crippen molar-refractivity contribution in [3.63, 3.8) is 0 Å². The molecule has 4 rings (SSSR count). The molecule has 0 atom stereocenters. The monoisotopic (exact) mass is 422 g/mol. The molecular formula is C23H26N4O2S. The number of carbonyl (C=O) groups is 1. The van der Waals surface area contributed by atoms with E-state index in [-0.39, 0.29) is 5.91 Å². The number of amides is 1. The number of aromatic nitrogens is 3. The molecule has 1 aromatic heterocycles. The van der Waals surface area contributed by atoms with Crippen LogP contribution in [0, 0.1) is 13.8 Å². The quantitative estimate of drug-likeness (QED) is 0.560. The van der Waals surface area contributed by atoms with Gasteiger partial charge < -0.3 is 14.2 Å². The van der Waals surface area contributed by atoms with Crippen LogP contribution in [0.3, 0.4) is 0 Å². The largest absolute Gasteiger partial charge is 0.485 e. The summed E-state index contributed by atoms with van der Waals surface area (Å²) >= 11 is 1.41. The second-order valence-corrected chi connectivity index (χ2v) is 8.48. The first-order valence-corrected chi connectivity index (χ1v) is 11.1. The van der Waals surface area contributed by atoms with Crippen molar-refractivity contribution in [1.29, 1.82) is 0 Å². The van der Waals surface area contributed by atoms with Gasteiger partial charge in [0.05, 0.1) is 5.75 Å². The number of anilines is 1. The fraction of sp³-hybridized carbons (Fsp3) is 0.348. The Morgan fingerprint density at radius 2 is 1.87 bits per heavy atom. The Balaban J connectivity index is 1.39. The van der Waals surface area contributed by atoms with Crippen LogP contribution in [0.15, 0.2) is 47.6 Å². The fourth-order valence-electron chi connectivity index (χ4n) is 3.76. The van der Waals surface area contributed by atoms with Gasteiger partial charge in [-0.25, -0.2) is 0 Å². The molecule has 30 heavy (non-hydrogen) atoms. The number of aryl methyl sites for hydroxylation is 3. The standard InChI is InChI=1S/C23H26N4O2S/c1-16-8-6-9-17(2)22(16)29-14-20-24-25-23(26(20)3)30-15-21(28)27-13-7-11-18-10-4-5-12-19(18)27/h4-6,8-10,12H,7,11,13-15H2,1-3H3. The highest BCUT2D eigenvalue weighted by Gasteiger charge is 2.23. The summed E-state index contributed by atoms with van der Waals surface area (Å²) in [4.78, 5) is 14.8. The predicted molar refractivity (Wildman–Crippen MR) is 119 cm³/mol. The van der Waals surface area contributed by atoms with Gasteiger partial charge in [-0.15, -0.1) is 10.2 Å². The van der Waals surface area contributed by atoms with E-state index in [1.807, 2.05) is 66.8 Å². The van der Waals surface area contributed by atoms with Crippen molar-refractivity contribution in [2.24, 2.45) is 7.05 Å². The Kier molecular flexibility index (Phi) is 6.08. The molecule has 1 aliphatic rings. The van der Waals surface area contributed by atoms with Crippen LogP contribution in [0.4, 0.5) is 5.69 Å². The maximum atomic E-state index is 12.9. The van der Waals surface area contributed by atoms with Crippen molar-refractivity contribution in [3.05, 3.63) is 65.0 Å². The number of nitrogens with zero attached hydrogens (tertiary/aromatic N) is 4. The number of benzene rings is 2. The lowest BCUT2D eigenvalue weighted by Gasteiger charge is -2.29. The van der Waals surface area contributed by atoms with E-state index in [2.05, 4.69) is 16.3 Å². The lowest BCUT2D eigenvalue weighted by atomic mass is 10.0. The summed E-state index contributed by atoms with van der Waals surface area (Å²) in [6.45, 7) is 5.17. The van der Waals surface area contributed by atoms with E-state index >= 15 is 0 Å². The van der Waals surface area contributed by atoms with Crippen molar-refractivity contribution < 1.29 is 9.53 Å². The molecule has 7 heteroatoms. The molecule has 0 saturated heterocycles. The summed E-state index contributed by atoms with van der Waals surface area (Å²) < 4.78 is 7.90. The summed E-state index contributed by atoms with van der Waals surface area (Å²) in [7, 11) is 1.91. The molecular weight excluding hydrogens is 396 g/mol. The molecule has 0 fully saturated rings. The maximum absolute atomic E-state index is 12.9. The molecule has 2 aromatic carbocycles. The molecule has 0 bridgehead atoms. The fourth-order valence-corrected chi connectivity index (χ4v) is 4.56. The number of thioether (sulfide) groups is 1. The van der Waals surface area contributed by atoms with E-state index in [1.165, 1.54) is 17.3 Å².